The summed E-state index contributed by atoms with van der Waals surface area (Å²) in [6.07, 6.45) is 0.229. The highest BCUT2D eigenvalue weighted by molar-refractivity contribution is 7.90. The molecule has 7 nitrogen and oxygen atoms in total. The lowest BCUT2D eigenvalue weighted by Crippen LogP contribution is -2.49. The quantitative estimate of drug-likeness (QED) is 0.608. The highest BCUT2D eigenvalue weighted by Crippen LogP contribution is 2.13. The highest BCUT2D eigenvalue weighted by Gasteiger charge is 2.32. The molecule has 0 saturated carbocycles. The molecule has 0 radical (unpaired) electrons. The van der Waals surface area contributed by atoms with E-state index in [1.54, 1.807) is 4.89 Å². The van der Waals surface area contributed by atoms with Crippen LogP contribution in [-0.2, 0) is 24.4 Å². The molecule has 0 aromatic heterocycles. The third-order valence-electron chi connectivity index (χ3n) is 2.34. The summed E-state index contributed by atoms with van der Waals surface area (Å²) < 4.78 is 28.4. The summed E-state index contributed by atoms with van der Waals surface area (Å²) >= 11 is 0. The smallest absolute Gasteiger partial charge is 0.323 e. The first-order valence-electron chi connectivity index (χ1n) is 4.87. The molecule has 1 fully saturated rings. The van der Waals surface area contributed by atoms with E-state index in [-0.39, 0.29) is 6.10 Å². The zero-order valence-corrected chi connectivity index (χ0v) is 10.0. The van der Waals surface area contributed by atoms with Crippen molar-refractivity contribution >= 4 is 16.0 Å². The van der Waals surface area contributed by atoms with Crippen LogP contribution in [0.25, 0.3) is 0 Å². The van der Waals surface area contributed by atoms with Crippen LogP contribution in [0.3, 0.4) is 0 Å². The monoisotopic (exact) mass is 252 g/mol. The summed E-state index contributed by atoms with van der Waals surface area (Å²) in [6.45, 7) is 2.06. The maximum absolute atomic E-state index is 11.7. The number of hydrogen-bond donors (Lipinski definition) is 2. The van der Waals surface area contributed by atoms with E-state index in [1.807, 2.05) is 0 Å². The van der Waals surface area contributed by atoms with Gasteiger partial charge in [0.25, 0.3) is 0 Å². The van der Waals surface area contributed by atoms with Crippen molar-refractivity contribution in [1.82, 2.24) is 10.2 Å². The van der Waals surface area contributed by atoms with Crippen LogP contribution in [0.5, 0.6) is 0 Å². The Morgan fingerprint density at radius 3 is 2.69 bits per heavy atom. The van der Waals surface area contributed by atoms with Crippen molar-refractivity contribution in [1.29, 1.82) is 0 Å². The van der Waals surface area contributed by atoms with Gasteiger partial charge in [0, 0.05) is 27.1 Å². The van der Waals surface area contributed by atoms with Gasteiger partial charge in [0.05, 0.1) is 11.4 Å². The lowest BCUT2D eigenvalue weighted by molar-refractivity contribution is -0.144. The number of ether oxygens (including phenoxy) is 1. The molecule has 0 bridgehead atoms. The zero-order valence-electron chi connectivity index (χ0n) is 9.23. The minimum Gasteiger partial charge on any atom is -0.380 e. The van der Waals surface area contributed by atoms with Crippen LogP contribution in [0.4, 0.5) is 0 Å². The van der Waals surface area contributed by atoms with Crippen LogP contribution in [0.1, 0.15) is 13.3 Å². The second kappa shape index (κ2) is 5.58. The third-order valence-corrected chi connectivity index (χ3v) is 3.90. The summed E-state index contributed by atoms with van der Waals surface area (Å²) in [7, 11) is -2.13. The summed E-state index contributed by atoms with van der Waals surface area (Å²) in [4.78, 5) is 16.6. The van der Waals surface area contributed by atoms with E-state index < -0.39 is 21.2 Å². The summed E-state index contributed by atoms with van der Waals surface area (Å²) in [5.74, 6) is -0.698. The fourth-order valence-corrected chi connectivity index (χ4v) is 2.64. The van der Waals surface area contributed by atoms with Gasteiger partial charge in [-0.15, -0.1) is 0 Å². The molecule has 1 aliphatic rings. The molecule has 1 aliphatic heterocycles. The van der Waals surface area contributed by atoms with Gasteiger partial charge in [0.15, 0.2) is 0 Å². The van der Waals surface area contributed by atoms with Crippen molar-refractivity contribution in [2.75, 3.05) is 20.2 Å². The summed E-state index contributed by atoms with van der Waals surface area (Å²) in [5, 5.41) is 2.28. The molecule has 0 aromatic rings. The van der Waals surface area contributed by atoms with Gasteiger partial charge in [-0.25, -0.2) is 8.42 Å². The average molecular weight is 252 g/mol. The van der Waals surface area contributed by atoms with E-state index in [0.29, 0.717) is 19.5 Å². The van der Waals surface area contributed by atoms with Crippen LogP contribution >= 0.6 is 0 Å². The first-order valence-corrected chi connectivity index (χ1v) is 6.42. The Kier molecular flexibility index (Phi) is 4.66. The van der Waals surface area contributed by atoms with Crippen molar-refractivity contribution in [2.45, 2.75) is 24.7 Å². The van der Waals surface area contributed by atoms with Gasteiger partial charge in [-0.1, -0.05) is 0 Å². The lowest BCUT2D eigenvalue weighted by Gasteiger charge is -2.28. The predicted octanol–water partition coefficient (Wildman–Crippen LogP) is -1.24. The van der Waals surface area contributed by atoms with Crippen LogP contribution in [0, 0.1) is 0 Å². The van der Waals surface area contributed by atoms with E-state index in [4.69, 9.17) is 4.74 Å². The number of nitrogens with one attached hydrogen (secondary N) is 2. The van der Waals surface area contributed by atoms with E-state index in [1.165, 1.54) is 7.11 Å². The lowest BCUT2D eigenvalue weighted by atomic mass is 10.1. The molecule has 1 heterocycles. The molecular weight excluding hydrogens is 236 g/mol. The Labute approximate surface area is 94.5 Å². The number of methoxy groups -OCH3 is 1. The number of carbonyl (C=O) groups excluding carboxylic acids is 1. The fourth-order valence-electron chi connectivity index (χ4n) is 1.47. The molecule has 2 atom stereocenters. The van der Waals surface area contributed by atoms with Gasteiger partial charge in [-0.3, -0.25) is 4.79 Å². The van der Waals surface area contributed by atoms with Gasteiger partial charge in [0.2, 0.25) is 10.0 Å². The average Bonchev–Trinajstić information content (AvgIpc) is 2.27. The van der Waals surface area contributed by atoms with Crippen LogP contribution in [-0.4, -0.2) is 45.9 Å². The minimum atomic E-state index is -3.66. The standard InChI is InChI=1S/C8H16N2O5S/c1-6(11)15-10-16(12,13)8-3-7(14-2)4-9-5-8/h7-10H,3-5H2,1-2H3/t7-,8-/m0/s1. The van der Waals surface area contributed by atoms with Crippen molar-refractivity contribution < 1.29 is 22.8 Å². The number of hydrogen-bond acceptors (Lipinski definition) is 6. The highest BCUT2D eigenvalue weighted by atomic mass is 32.2. The molecule has 0 aliphatic carbocycles. The fraction of sp³-hybridized carbons (Fsp3) is 0.875. The molecule has 0 amide bonds. The Balaban J connectivity index is 2.57. The Hall–Kier alpha value is -0.700. The van der Waals surface area contributed by atoms with Crippen LogP contribution < -0.4 is 10.2 Å². The Bertz CT molecular complexity index is 342. The molecule has 8 heteroatoms. The minimum absolute atomic E-state index is 0.146. The third kappa shape index (κ3) is 3.71. The van der Waals surface area contributed by atoms with E-state index in [0.717, 1.165) is 6.92 Å². The first kappa shape index (κ1) is 13.4. The van der Waals surface area contributed by atoms with Crippen molar-refractivity contribution in [3.05, 3.63) is 0 Å². The van der Waals surface area contributed by atoms with Gasteiger partial charge >= 0.3 is 5.97 Å². The van der Waals surface area contributed by atoms with Crippen molar-refractivity contribution in [2.24, 2.45) is 0 Å². The molecule has 0 spiro atoms. The SMILES string of the molecule is CO[C@@H]1CNC[C@@H](S(=O)(=O)NOC(C)=O)C1. The van der Waals surface area contributed by atoms with Crippen LogP contribution in [0.2, 0.25) is 0 Å². The topological polar surface area (TPSA) is 93.7 Å². The van der Waals surface area contributed by atoms with Gasteiger partial charge in [-0.05, 0) is 11.3 Å². The van der Waals surface area contributed by atoms with Crippen molar-refractivity contribution in [3.8, 4) is 0 Å². The maximum atomic E-state index is 11.7. The second-order valence-corrected chi connectivity index (χ2v) is 5.52. The van der Waals surface area contributed by atoms with E-state index in [2.05, 4.69) is 10.2 Å². The van der Waals surface area contributed by atoms with E-state index in [9.17, 15) is 13.2 Å². The maximum Gasteiger partial charge on any atom is 0.323 e. The second-order valence-electron chi connectivity index (χ2n) is 3.60. The van der Waals surface area contributed by atoms with Crippen LogP contribution in [0.15, 0.2) is 0 Å². The Morgan fingerprint density at radius 2 is 2.12 bits per heavy atom. The van der Waals surface area contributed by atoms with E-state index >= 15 is 0 Å². The van der Waals surface area contributed by atoms with Crippen molar-refractivity contribution in [3.63, 3.8) is 0 Å². The largest absolute Gasteiger partial charge is 0.380 e. The first-order chi connectivity index (χ1) is 7.45. The van der Waals surface area contributed by atoms with Gasteiger partial charge < -0.3 is 14.9 Å². The molecule has 2 N–H and O–H groups in total. The normalized spacial score (nSPS) is 26.4. The van der Waals surface area contributed by atoms with Gasteiger partial charge in [0.1, 0.15) is 0 Å². The molecule has 1 rings (SSSR count). The molecule has 16 heavy (non-hydrogen) atoms. The number of rotatable bonds is 4. The molecule has 1 saturated heterocycles. The summed E-state index contributed by atoms with van der Waals surface area (Å²) in [6, 6.07) is 0. The molecular formula is C8H16N2O5S. The number of carbonyl (C=O) groups is 1. The number of piperidine rings is 1. The molecule has 0 aromatic carbocycles. The summed E-state index contributed by atoms with van der Waals surface area (Å²) in [5.41, 5.74) is 0. The number of sulfonamides is 1. The molecule has 0 unspecified atom stereocenters. The molecule has 94 valence electrons. The zero-order chi connectivity index (χ0) is 12.2. The predicted molar refractivity (Wildman–Crippen MR) is 55.9 cm³/mol. The van der Waals surface area contributed by atoms with Gasteiger partial charge in [-0.2, -0.15) is 0 Å². The Morgan fingerprint density at radius 1 is 1.44 bits per heavy atom.